The molecule has 0 amide bonds. The molecule has 0 radical (unpaired) electrons. The maximum Gasteiger partial charge on any atom is 0.234 e. The summed E-state index contributed by atoms with van der Waals surface area (Å²) in [6, 6.07) is 0. The second-order valence-corrected chi connectivity index (χ2v) is 2.87. The average molecular weight is 150 g/mol. The zero-order valence-corrected chi connectivity index (χ0v) is 6.29. The highest BCUT2D eigenvalue weighted by Gasteiger charge is 2.13. The lowest BCUT2D eigenvalue weighted by Gasteiger charge is -2.09. The molecule has 0 unspecified atom stereocenters. The van der Waals surface area contributed by atoms with Crippen molar-refractivity contribution in [2.24, 2.45) is 0 Å². The number of aromatic nitrogens is 2. The monoisotopic (exact) mass is 150 g/mol. The molecule has 0 aliphatic heterocycles. The first-order chi connectivity index (χ1) is 5.42. The summed E-state index contributed by atoms with van der Waals surface area (Å²) in [5.74, 6) is 0. The standard InChI is InChI=1S/C8H10N2O/c11-6-10-8-4-2-1-3-7(8)5-9-10/h5-6H,1-4H2. The summed E-state index contributed by atoms with van der Waals surface area (Å²) in [6.07, 6.45) is 7.11. The molecule has 3 heteroatoms. The molecule has 1 aliphatic carbocycles. The minimum Gasteiger partial charge on any atom is -0.276 e. The summed E-state index contributed by atoms with van der Waals surface area (Å²) in [6.45, 7) is 0. The molecule has 0 N–H and O–H groups in total. The van der Waals surface area contributed by atoms with Crippen LogP contribution in [-0.2, 0) is 17.6 Å². The minimum absolute atomic E-state index is 0.782. The number of nitrogens with zero attached hydrogens (tertiary/aromatic N) is 2. The number of hydrogen-bond donors (Lipinski definition) is 0. The van der Waals surface area contributed by atoms with Crippen molar-refractivity contribution in [1.29, 1.82) is 0 Å². The summed E-state index contributed by atoms with van der Waals surface area (Å²) in [7, 11) is 0. The lowest BCUT2D eigenvalue weighted by molar-refractivity contribution is 0.534. The quantitative estimate of drug-likeness (QED) is 0.555. The Balaban J connectivity index is 2.45. The minimum atomic E-state index is 0.782. The average Bonchev–Trinajstić information content (AvgIpc) is 2.47. The van der Waals surface area contributed by atoms with Crippen molar-refractivity contribution in [1.82, 2.24) is 9.78 Å². The molecule has 1 heterocycles. The van der Waals surface area contributed by atoms with Gasteiger partial charge in [-0.1, -0.05) is 0 Å². The van der Waals surface area contributed by atoms with E-state index in [2.05, 4.69) is 5.10 Å². The molecule has 1 aliphatic rings. The van der Waals surface area contributed by atoms with Crippen molar-refractivity contribution in [2.75, 3.05) is 0 Å². The van der Waals surface area contributed by atoms with E-state index in [9.17, 15) is 4.79 Å². The predicted molar refractivity (Wildman–Crippen MR) is 41.0 cm³/mol. The summed E-state index contributed by atoms with van der Waals surface area (Å²) in [5.41, 5.74) is 2.37. The number of rotatable bonds is 1. The highest BCUT2D eigenvalue weighted by atomic mass is 16.1. The molecule has 0 spiro atoms. The van der Waals surface area contributed by atoms with Crippen LogP contribution >= 0.6 is 0 Å². The van der Waals surface area contributed by atoms with Crippen LogP contribution in [0.2, 0.25) is 0 Å². The van der Waals surface area contributed by atoms with Crippen LogP contribution in [0.25, 0.3) is 0 Å². The van der Waals surface area contributed by atoms with Gasteiger partial charge < -0.3 is 0 Å². The molecule has 0 atom stereocenters. The molecular weight excluding hydrogens is 140 g/mol. The van der Waals surface area contributed by atoms with Gasteiger partial charge in [-0.15, -0.1) is 0 Å². The molecule has 1 aromatic rings. The maximum atomic E-state index is 10.4. The summed E-state index contributed by atoms with van der Waals surface area (Å²) in [5, 5.41) is 3.96. The van der Waals surface area contributed by atoms with Crippen molar-refractivity contribution in [3.8, 4) is 0 Å². The van der Waals surface area contributed by atoms with Crippen LogP contribution in [0, 0.1) is 0 Å². The lowest BCUT2D eigenvalue weighted by atomic mass is 9.98. The molecule has 0 saturated heterocycles. The first kappa shape index (κ1) is 6.58. The molecule has 1 aromatic heterocycles. The fourth-order valence-electron chi connectivity index (χ4n) is 1.61. The Hall–Kier alpha value is -1.12. The van der Waals surface area contributed by atoms with Crippen molar-refractivity contribution in [2.45, 2.75) is 25.7 Å². The van der Waals surface area contributed by atoms with Gasteiger partial charge in [0, 0.05) is 0 Å². The molecular formula is C8H10N2O. The molecule has 3 nitrogen and oxygen atoms in total. The maximum absolute atomic E-state index is 10.4. The van der Waals surface area contributed by atoms with E-state index in [4.69, 9.17) is 0 Å². The van der Waals surface area contributed by atoms with Crippen molar-refractivity contribution >= 4 is 6.41 Å². The topological polar surface area (TPSA) is 34.9 Å². The normalized spacial score (nSPS) is 16.0. The second kappa shape index (κ2) is 2.49. The van der Waals surface area contributed by atoms with Gasteiger partial charge >= 0.3 is 0 Å². The van der Waals surface area contributed by atoms with Crippen LogP contribution in [-0.4, -0.2) is 16.2 Å². The summed E-state index contributed by atoms with van der Waals surface area (Å²) >= 11 is 0. The Morgan fingerprint density at radius 1 is 1.45 bits per heavy atom. The number of carbonyl (C=O) groups excluding carboxylic acids is 1. The molecule has 0 fully saturated rings. The molecule has 58 valence electrons. The Bertz CT molecular complexity index is 278. The Kier molecular flexibility index (Phi) is 1.49. The van der Waals surface area contributed by atoms with Crippen LogP contribution in [0.4, 0.5) is 0 Å². The van der Waals surface area contributed by atoms with Crippen LogP contribution < -0.4 is 0 Å². The smallest absolute Gasteiger partial charge is 0.234 e. The Morgan fingerprint density at radius 3 is 3.09 bits per heavy atom. The Labute approximate surface area is 65.0 Å². The van der Waals surface area contributed by atoms with Gasteiger partial charge in [-0.25, -0.2) is 4.68 Å². The number of carbonyl (C=O) groups is 1. The number of hydrogen-bond acceptors (Lipinski definition) is 2. The molecule has 0 aromatic carbocycles. The van der Waals surface area contributed by atoms with Gasteiger partial charge in [-0.05, 0) is 31.2 Å². The van der Waals surface area contributed by atoms with Gasteiger partial charge in [0.15, 0.2) is 0 Å². The Morgan fingerprint density at radius 2 is 2.27 bits per heavy atom. The second-order valence-electron chi connectivity index (χ2n) is 2.87. The van der Waals surface area contributed by atoms with Gasteiger partial charge in [-0.2, -0.15) is 5.10 Å². The van der Waals surface area contributed by atoms with E-state index in [0.717, 1.165) is 24.9 Å². The molecule has 2 rings (SSSR count). The van der Waals surface area contributed by atoms with E-state index < -0.39 is 0 Å². The number of aryl methyl sites for hydroxylation is 1. The van der Waals surface area contributed by atoms with Crippen molar-refractivity contribution in [3.05, 3.63) is 17.5 Å². The van der Waals surface area contributed by atoms with E-state index in [-0.39, 0.29) is 0 Å². The van der Waals surface area contributed by atoms with E-state index in [1.807, 2.05) is 6.20 Å². The van der Waals surface area contributed by atoms with E-state index in [1.54, 1.807) is 0 Å². The zero-order chi connectivity index (χ0) is 7.68. The fourth-order valence-corrected chi connectivity index (χ4v) is 1.61. The van der Waals surface area contributed by atoms with E-state index >= 15 is 0 Å². The first-order valence-corrected chi connectivity index (χ1v) is 3.92. The lowest BCUT2D eigenvalue weighted by Crippen LogP contribution is -2.08. The van der Waals surface area contributed by atoms with Gasteiger partial charge in [0.1, 0.15) is 0 Å². The zero-order valence-electron chi connectivity index (χ0n) is 6.29. The fraction of sp³-hybridized carbons (Fsp3) is 0.500. The van der Waals surface area contributed by atoms with Crippen LogP contribution in [0.5, 0.6) is 0 Å². The van der Waals surface area contributed by atoms with Gasteiger partial charge in [-0.3, -0.25) is 4.79 Å². The number of fused-ring (bicyclic) bond motifs is 1. The van der Waals surface area contributed by atoms with Crippen LogP contribution in [0.1, 0.15) is 24.1 Å². The van der Waals surface area contributed by atoms with Crippen LogP contribution in [0.3, 0.4) is 0 Å². The summed E-state index contributed by atoms with van der Waals surface area (Å²) < 4.78 is 1.45. The van der Waals surface area contributed by atoms with Gasteiger partial charge in [0.05, 0.1) is 11.9 Å². The third kappa shape index (κ3) is 0.964. The van der Waals surface area contributed by atoms with Gasteiger partial charge in [0.2, 0.25) is 6.41 Å². The highest BCUT2D eigenvalue weighted by Crippen LogP contribution is 2.19. The predicted octanol–water partition coefficient (Wildman–Crippen LogP) is 0.800. The van der Waals surface area contributed by atoms with E-state index in [0.29, 0.717) is 0 Å². The van der Waals surface area contributed by atoms with Crippen molar-refractivity contribution in [3.63, 3.8) is 0 Å². The first-order valence-electron chi connectivity index (χ1n) is 3.92. The largest absolute Gasteiger partial charge is 0.276 e. The highest BCUT2D eigenvalue weighted by molar-refractivity contribution is 5.53. The van der Waals surface area contributed by atoms with E-state index in [1.165, 1.54) is 23.1 Å². The third-order valence-electron chi connectivity index (χ3n) is 2.19. The SMILES string of the molecule is O=Cn1ncc2c1CCCC2. The third-order valence-corrected chi connectivity index (χ3v) is 2.19. The molecule has 11 heavy (non-hydrogen) atoms. The van der Waals surface area contributed by atoms with Gasteiger partial charge in [0.25, 0.3) is 0 Å². The van der Waals surface area contributed by atoms with Crippen LogP contribution in [0.15, 0.2) is 6.20 Å². The van der Waals surface area contributed by atoms with Crippen molar-refractivity contribution < 1.29 is 4.79 Å². The summed E-state index contributed by atoms with van der Waals surface area (Å²) in [4.78, 5) is 10.4. The molecule has 0 bridgehead atoms. The molecule has 0 saturated carbocycles.